The Morgan fingerprint density at radius 2 is 1.97 bits per heavy atom. The molecule has 5 rings (SSSR count). The van der Waals surface area contributed by atoms with Gasteiger partial charge in [-0.1, -0.05) is 19.1 Å². The summed E-state index contributed by atoms with van der Waals surface area (Å²) in [6.45, 7) is 7.77. The van der Waals surface area contributed by atoms with Crippen LogP contribution in [0, 0.1) is 6.92 Å². The normalized spacial score (nSPS) is 15.0. The van der Waals surface area contributed by atoms with Gasteiger partial charge in [0.1, 0.15) is 5.65 Å². The van der Waals surface area contributed by atoms with Crippen LogP contribution in [0.5, 0.6) is 0 Å². The van der Waals surface area contributed by atoms with Crippen molar-refractivity contribution in [3.8, 4) is 11.1 Å². The molecule has 1 aliphatic heterocycles. The lowest BCUT2D eigenvalue weighted by Crippen LogP contribution is -2.18. The number of pyridine rings is 1. The van der Waals surface area contributed by atoms with Gasteiger partial charge in [-0.25, -0.2) is 4.98 Å². The first-order valence-corrected chi connectivity index (χ1v) is 11.6. The van der Waals surface area contributed by atoms with Gasteiger partial charge in [0.2, 0.25) is 0 Å². The number of thioether (sulfide) groups is 1. The van der Waals surface area contributed by atoms with Gasteiger partial charge < -0.3 is 4.98 Å². The van der Waals surface area contributed by atoms with Gasteiger partial charge in [0.25, 0.3) is 0 Å². The maximum atomic E-state index is 4.66. The lowest BCUT2D eigenvalue weighted by Gasteiger charge is -2.16. The van der Waals surface area contributed by atoms with Crippen LogP contribution in [-0.4, -0.2) is 33.7 Å². The van der Waals surface area contributed by atoms with Crippen molar-refractivity contribution < 1.29 is 0 Å². The van der Waals surface area contributed by atoms with Crippen molar-refractivity contribution in [1.82, 2.24) is 14.9 Å². The molecule has 1 fully saturated rings. The van der Waals surface area contributed by atoms with Gasteiger partial charge in [-0.2, -0.15) is 0 Å². The average molecular weight is 402 g/mol. The molecule has 1 aliphatic rings. The summed E-state index contributed by atoms with van der Waals surface area (Å²) in [6, 6.07) is 16.0. The number of nitrogens with zero attached hydrogens (tertiary/aromatic N) is 2. The maximum absolute atomic E-state index is 4.66. The Bertz CT molecular complexity index is 1170. The van der Waals surface area contributed by atoms with Crippen LogP contribution < -0.4 is 0 Å². The highest BCUT2D eigenvalue weighted by Crippen LogP contribution is 2.37. The Hall–Kier alpha value is -2.30. The summed E-state index contributed by atoms with van der Waals surface area (Å²) in [5, 5.41) is 2.51. The van der Waals surface area contributed by atoms with Crippen LogP contribution in [0.2, 0.25) is 0 Å². The molecule has 0 unspecified atom stereocenters. The fourth-order valence-electron chi connectivity index (χ4n) is 4.52. The molecule has 2 aromatic heterocycles. The molecule has 0 amide bonds. The summed E-state index contributed by atoms with van der Waals surface area (Å²) in [6.07, 6.45) is 4.59. The molecule has 0 aliphatic carbocycles. The summed E-state index contributed by atoms with van der Waals surface area (Å²) >= 11 is 1.90. The molecule has 4 aromatic rings. The average Bonchev–Trinajstić information content (AvgIpc) is 3.35. The van der Waals surface area contributed by atoms with E-state index >= 15 is 0 Å². The van der Waals surface area contributed by atoms with Gasteiger partial charge in [0.05, 0.1) is 0 Å². The van der Waals surface area contributed by atoms with E-state index in [4.69, 9.17) is 0 Å². The van der Waals surface area contributed by atoms with Crippen LogP contribution in [0.3, 0.4) is 0 Å². The first-order chi connectivity index (χ1) is 14.2. The van der Waals surface area contributed by atoms with E-state index in [-0.39, 0.29) is 0 Å². The number of fused-ring (bicyclic) bond motifs is 3. The Kier molecular flexibility index (Phi) is 5.06. The molecule has 29 heavy (non-hydrogen) atoms. The number of hydrogen-bond donors (Lipinski definition) is 1. The van der Waals surface area contributed by atoms with Crippen molar-refractivity contribution in [2.45, 2.75) is 38.1 Å². The molecule has 148 valence electrons. The standard InChI is InChI=1S/C25H27N3S/c1-3-29-20-8-6-7-19(14-20)21-12-18(16-28-9-4-5-10-28)13-23-24(21)22-11-17(2)15-26-25(22)27-23/h6-8,11-15H,3-5,9-10,16H2,1-2H3,(H,26,27). The predicted molar refractivity (Wildman–Crippen MR) is 125 cm³/mol. The second kappa shape index (κ2) is 7.85. The van der Waals surface area contributed by atoms with E-state index in [2.05, 4.69) is 71.2 Å². The third-order valence-electron chi connectivity index (χ3n) is 5.81. The molecule has 0 radical (unpaired) electrons. The third kappa shape index (κ3) is 3.67. The number of H-pyrrole nitrogens is 1. The number of likely N-dealkylation sites (tertiary alicyclic amines) is 1. The van der Waals surface area contributed by atoms with Crippen LogP contribution in [0.15, 0.2) is 53.6 Å². The van der Waals surface area contributed by atoms with Gasteiger partial charge >= 0.3 is 0 Å². The predicted octanol–water partition coefficient (Wildman–Crippen LogP) is 6.40. The molecule has 0 spiro atoms. The SMILES string of the molecule is CCSc1cccc(-c2cc(CN3CCCC3)cc3[nH]c4ncc(C)cc4c23)c1. The number of rotatable bonds is 5. The zero-order valence-electron chi connectivity index (χ0n) is 17.2. The molecule has 4 heteroatoms. The summed E-state index contributed by atoms with van der Waals surface area (Å²) in [7, 11) is 0. The van der Waals surface area contributed by atoms with Crippen molar-refractivity contribution in [3.05, 3.63) is 59.8 Å². The topological polar surface area (TPSA) is 31.9 Å². The first kappa shape index (κ1) is 18.7. The Labute approximate surface area is 176 Å². The second-order valence-corrected chi connectivity index (χ2v) is 9.38. The van der Waals surface area contributed by atoms with Crippen LogP contribution in [0.4, 0.5) is 0 Å². The van der Waals surface area contributed by atoms with Crippen molar-refractivity contribution in [1.29, 1.82) is 0 Å². The van der Waals surface area contributed by atoms with Gasteiger partial charge in [-0.05, 0) is 91.2 Å². The van der Waals surface area contributed by atoms with Crippen LogP contribution in [0.25, 0.3) is 33.1 Å². The molecule has 2 aromatic carbocycles. The van der Waals surface area contributed by atoms with E-state index in [9.17, 15) is 0 Å². The van der Waals surface area contributed by atoms with E-state index in [1.807, 2.05) is 18.0 Å². The minimum absolute atomic E-state index is 0.976. The zero-order chi connectivity index (χ0) is 19.8. The van der Waals surface area contributed by atoms with Crippen molar-refractivity contribution in [2.75, 3.05) is 18.8 Å². The Morgan fingerprint density at radius 1 is 1.10 bits per heavy atom. The summed E-state index contributed by atoms with van der Waals surface area (Å²) < 4.78 is 0. The van der Waals surface area contributed by atoms with Crippen molar-refractivity contribution >= 4 is 33.7 Å². The highest BCUT2D eigenvalue weighted by atomic mass is 32.2. The van der Waals surface area contributed by atoms with Crippen molar-refractivity contribution in [2.24, 2.45) is 0 Å². The van der Waals surface area contributed by atoms with E-state index in [1.165, 1.54) is 69.4 Å². The number of benzene rings is 2. The molecule has 1 saturated heterocycles. The van der Waals surface area contributed by atoms with E-state index in [0.717, 1.165) is 17.9 Å². The lowest BCUT2D eigenvalue weighted by molar-refractivity contribution is 0.331. The highest BCUT2D eigenvalue weighted by Gasteiger charge is 2.17. The monoisotopic (exact) mass is 401 g/mol. The highest BCUT2D eigenvalue weighted by molar-refractivity contribution is 7.99. The van der Waals surface area contributed by atoms with Crippen LogP contribution in [0.1, 0.15) is 30.9 Å². The van der Waals surface area contributed by atoms with Crippen molar-refractivity contribution in [3.63, 3.8) is 0 Å². The summed E-state index contributed by atoms with van der Waals surface area (Å²) in [5.74, 6) is 1.09. The fraction of sp³-hybridized carbons (Fsp3) is 0.320. The largest absolute Gasteiger partial charge is 0.339 e. The number of aromatic nitrogens is 2. The molecule has 3 heterocycles. The third-order valence-corrected chi connectivity index (χ3v) is 6.68. The van der Waals surface area contributed by atoms with Gasteiger partial charge in [0.15, 0.2) is 0 Å². The smallest absolute Gasteiger partial charge is 0.138 e. The fourth-order valence-corrected chi connectivity index (χ4v) is 5.23. The molecular weight excluding hydrogens is 374 g/mol. The Morgan fingerprint density at radius 3 is 2.79 bits per heavy atom. The summed E-state index contributed by atoms with van der Waals surface area (Å²) in [4.78, 5) is 12.1. The van der Waals surface area contributed by atoms with Crippen LogP contribution >= 0.6 is 11.8 Å². The molecule has 0 saturated carbocycles. The first-order valence-electron chi connectivity index (χ1n) is 10.6. The molecular formula is C25H27N3S. The second-order valence-electron chi connectivity index (χ2n) is 8.04. The Balaban J connectivity index is 1.72. The lowest BCUT2D eigenvalue weighted by atomic mass is 9.97. The van der Waals surface area contributed by atoms with Gasteiger partial charge in [0, 0.05) is 33.9 Å². The minimum atomic E-state index is 0.976. The maximum Gasteiger partial charge on any atom is 0.138 e. The van der Waals surface area contributed by atoms with Crippen LogP contribution in [-0.2, 0) is 6.54 Å². The zero-order valence-corrected chi connectivity index (χ0v) is 18.0. The number of aromatic amines is 1. The quantitative estimate of drug-likeness (QED) is 0.393. The number of nitrogens with one attached hydrogen (secondary N) is 1. The molecule has 0 atom stereocenters. The number of aryl methyl sites for hydroxylation is 1. The summed E-state index contributed by atoms with van der Waals surface area (Å²) in [5.41, 5.74) is 7.35. The van der Waals surface area contributed by atoms with Gasteiger partial charge in [-0.3, -0.25) is 4.90 Å². The van der Waals surface area contributed by atoms with E-state index in [1.54, 1.807) is 0 Å². The van der Waals surface area contributed by atoms with Gasteiger partial charge in [-0.15, -0.1) is 11.8 Å². The van der Waals surface area contributed by atoms with E-state index < -0.39 is 0 Å². The number of hydrogen-bond acceptors (Lipinski definition) is 3. The molecule has 1 N–H and O–H groups in total. The minimum Gasteiger partial charge on any atom is -0.339 e. The van der Waals surface area contributed by atoms with E-state index in [0.29, 0.717) is 0 Å². The molecule has 0 bridgehead atoms. The molecule has 3 nitrogen and oxygen atoms in total.